The molecule has 0 saturated carbocycles. The van der Waals surface area contributed by atoms with Crippen molar-refractivity contribution in [3.63, 3.8) is 0 Å². The Labute approximate surface area is 73.8 Å². The van der Waals surface area contributed by atoms with Crippen molar-refractivity contribution in [3.8, 4) is 0 Å². The highest BCUT2D eigenvalue weighted by molar-refractivity contribution is 5.42. The SMILES string of the molecule is CCCCNc1c(C)cnn1C. The third-order valence-corrected chi connectivity index (χ3v) is 1.94. The van der Waals surface area contributed by atoms with Crippen LogP contribution in [0.4, 0.5) is 5.82 Å². The van der Waals surface area contributed by atoms with Crippen molar-refractivity contribution < 1.29 is 0 Å². The second-order valence-electron chi connectivity index (χ2n) is 3.08. The van der Waals surface area contributed by atoms with Gasteiger partial charge >= 0.3 is 0 Å². The first-order valence-electron chi connectivity index (χ1n) is 4.48. The zero-order valence-electron chi connectivity index (χ0n) is 8.09. The maximum Gasteiger partial charge on any atom is 0.126 e. The van der Waals surface area contributed by atoms with Gasteiger partial charge < -0.3 is 5.32 Å². The molecular weight excluding hydrogens is 150 g/mol. The molecule has 3 heteroatoms. The fourth-order valence-electron chi connectivity index (χ4n) is 1.18. The first-order valence-corrected chi connectivity index (χ1v) is 4.48. The second kappa shape index (κ2) is 4.14. The van der Waals surface area contributed by atoms with Crippen LogP contribution in [0.25, 0.3) is 0 Å². The van der Waals surface area contributed by atoms with Crippen LogP contribution in [0.5, 0.6) is 0 Å². The van der Waals surface area contributed by atoms with E-state index in [1.54, 1.807) is 0 Å². The number of hydrogen-bond donors (Lipinski definition) is 1. The number of rotatable bonds is 4. The summed E-state index contributed by atoms with van der Waals surface area (Å²) in [6, 6.07) is 0. The number of nitrogens with one attached hydrogen (secondary N) is 1. The number of unbranched alkanes of at least 4 members (excludes halogenated alkanes) is 1. The van der Waals surface area contributed by atoms with E-state index in [-0.39, 0.29) is 0 Å². The van der Waals surface area contributed by atoms with Crippen LogP contribution in [-0.4, -0.2) is 16.3 Å². The minimum absolute atomic E-state index is 1.04. The molecule has 0 saturated heterocycles. The minimum Gasteiger partial charge on any atom is -0.370 e. The lowest BCUT2D eigenvalue weighted by molar-refractivity contribution is 0.756. The molecule has 3 nitrogen and oxygen atoms in total. The standard InChI is InChI=1S/C9H17N3/c1-4-5-6-10-9-8(2)7-11-12(9)3/h7,10H,4-6H2,1-3H3. The molecule has 0 radical (unpaired) electrons. The molecular formula is C9H17N3. The topological polar surface area (TPSA) is 29.9 Å². The molecule has 1 heterocycles. The number of nitrogens with zero attached hydrogens (tertiary/aromatic N) is 2. The van der Waals surface area contributed by atoms with Gasteiger partial charge in [0.1, 0.15) is 5.82 Å². The number of aromatic nitrogens is 2. The molecule has 0 bridgehead atoms. The maximum atomic E-state index is 4.15. The molecule has 0 aromatic carbocycles. The summed E-state index contributed by atoms with van der Waals surface area (Å²) in [4.78, 5) is 0. The van der Waals surface area contributed by atoms with E-state index in [0.717, 1.165) is 12.4 Å². The Kier molecular flexibility index (Phi) is 3.14. The predicted octanol–water partition coefficient (Wildman–Crippen LogP) is 1.94. The van der Waals surface area contributed by atoms with Gasteiger partial charge in [-0.3, -0.25) is 4.68 Å². The minimum atomic E-state index is 1.04. The highest BCUT2D eigenvalue weighted by Crippen LogP contribution is 2.11. The quantitative estimate of drug-likeness (QED) is 0.694. The van der Waals surface area contributed by atoms with Crippen molar-refractivity contribution in [1.82, 2.24) is 9.78 Å². The highest BCUT2D eigenvalue weighted by atomic mass is 15.3. The summed E-state index contributed by atoms with van der Waals surface area (Å²) in [5.41, 5.74) is 1.22. The zero-order chi connectivity index (χ0) is 8.97. The van der Waals surface area contributed by atoms with E-state index in [9.17, 15) is 0 Å². The van der Waals surface area contributed by atoms with E-state index in [1.807, 2.05) is 17.9 Å². The van der Waals surface area contributed by atoms with Crippen LogP contribution in [0, 0.1) is 6.92 Å². The average molecular weight is 167 g/mol. The molecule has 1 aromatic rings. The van der Waals surface area contributed by atoms with E-state index in [0.29, 0.717) is 0 Å². The lowest BCUT2D eigenvalue weighted by Gasteiger charge is -2.06. The van der Waals surface area contributed by atoms with Crippen LogP contribution < -0.4 is 5.32 Å². The van der Waals surface area contributed by atoms with Crippen LogP contribution in [0.1, 0.15) is 25.3 Å². The largest absolute Gasteiger partial charge is 0.370 e. The van der Waals surface area contributed by atoms with E-state index in [1.165, 1.54) is 18.4 Å². The van der Waals surface area contributed by atoms with Crippen LogP contribution in [-0.2, 0) is 7.05 Å². The van der Waals surface area contributed by atoms with Gasteiger partial charge in [0, 0.05) is 19.2 Å². The molecule has 0 aliphatic rings. The predicted molar refractivity (Wildman–Crippen MR) is 51.3 cm³/mol. The van der Waals surface area contributed by atoms with Gasteiger partial charge in [-0.1, -0.05) is 13.3 Å². The van der Waals surface area contributed by atoms with Gasteiger partial charge in [-0.15, -0.1) is 0 Å². The van der Waals surface area contributed by atoms with Crippen molar-refractivity contribution in [3.05, 3.63) is 11.8 Å². The summed E-state index contributed by atoms with van der Waals surface area (Å²) in [6.45, 7) is 5.30. The first kappa shape index (κ1) is 9.10. The Morgan fingerprint density at radius 3 is 2.83 bits per heavy atom. The molecule has 68 valence electrons. The summed E-state index contributed by atoms with van der Waals surface area (Å²) in [6.07, 6.45) is 4.32. The average Bonchev–Trinajstić information content (AvgIpc) is 2.35. The summed E-state index contributed by atoms with van der Waals surface area (Å²) in [5, 5.41) is 7.51. The van der Waals surface area contributed by atoms with E-state index in [4.69, 9.17) is 0 Å². The van der Waals surface area contributed by atoms with Gasteiger partial charge in [-0.25, -0.2) is 0 Å². The lowest BCUT2D eigenvalue weighted by Crippen LogP contribution is -2.06. The van der Waals surface area contributed by atoms with Gasteiger partial charge in [0.15, 0.2) is 0 Å². The molecule has 0 spiro atoms. The molecule has 0 aliphatic carbocycles. The first-order chi connectivity index (χ1) is 5.75. The van der Waals surface area contributed by atoms with Crippen molar-refractivity contribution in [1.29, 1.82) is 0 Å². The third-order valence-electron chi connectivity index (χ3n) is 1.94. The molecule has 0 fully saturated rings. The summed E-state index contributed by atoms with van der Waals surface area (Å²) in [7, 11) is 1.96. The van der Waals surface area contributed by atoms with Gasteiger partial charge in [0.05, 0.1) is 6.20 Å². The zero-order valence-corrected chi connectivity index (χ0v) is 8.09. The van der Waals surface area contributed by atoms with Crippen molar-refractivity contribution in [2.75, 3.05) is 11.9 Å². The van der Waals surface area contributed by atoms with Gasteiger partial charge in [0.25, 0.3) is 0 Å². The van der Waals surface area contributed by atoms with Crippen LogP contribution >= 0.6 is 0 Å². The number of aryl methyl sites for hydroxylation is 2. The molecule has 0 atom stereocenters. The van der Waals surface area contributed by atoms with Gasteiger partial charge in [-0.2, -0.15) is 5.10 Å². The molecule has 0 unspecified atom stereocenters. The van der Waals surface area contributed by atoms with E-state index in [2.05, 4.69) is 24.3 Å². The Bertz CT molecular complexity index is 220. The van der Waals surface area contributed by atoms with Crippen LogP contribution in [0.2, 0.25) is 0 Å². The monoisotopic (exact) mass is 167 g/mol. The molecule has 12 heavy (non-hydrogen) atoms. The van der Waals surface area contributed by atoms with Crippen LogP contribution in [0.3, 0.4) is 0 Å². The molecule has 0 amide bonds. The maximum absolute atomic E-state index is 4.15. The molecule has 0 aliphatic heterocycles. The Morgan fingerprint density at radius 2 is 2.33 bits per heavy atom. The summed E-state index contributed by atoms with van der Waals surface area (Å²) >= 11 is 0. The summed E-state index contributed by atoms with van der Waals surface area (Å²) < 4.78 is 1.88. The smallest absolute Gasteiger partial charge is 0.126 e. The molecule has 1 N–H and O–H groups in total. The highest BCUT2D eigenvalue weighted by Gasteiger charge is 2.01. The summed E-state index contributed by atoms with van der Waals surface area (Å²) in [5.74, 6) is 1.14. The van der Waals surface area contributed by atoms with Gasteiger partial charge in [0.2, 0.25) is 0 Å². The number of hydrogen-bond acceptors (Lipinski definition) is 2. The Balaban J connectivity index is 2.50. The molecule has 1 aromatic heterocycles. The van der Waals surface area contributed by atoms with Crippen molar-refractivity contribution >= 4 is 5.82 Å². The van der Waals surface area contributed by atoms with E-state index >= 15 is 0 Å². The Morgan fingerprint density at radius 1 is 1.58 bits per heavy atom. The number of anilines is 1. The normalized spacial score (nSPS) is 10.2. The third kappa shape index (κ3) is 2.00. The van der Waals surface area contributed by atoms with Crippen LogP contribution in [0.15, 0.2) is 6.20 Å². The second-order valence-corrected chi connectivity index (χ2v) is 3.08. The molecule has 1 rings (SSSR count). The van der Waals surface area contributed by atoms with Crippen molar-refractivity contribution in [2.24, 2.45) is 7.05 Å². The van der Waals surface area contributed by atoms with E-state index < -0.39 is 0 Å². The fourth-order valence-corrected chi connectivity index (χ4v) is 1.18. The Hall–Kier alpha value is -0.990. The van der Waals surface area contributed by atoms with Crippen molar-refractivity contribution in [2.45, 2.75) is 26.7 Å². The lowest BCUT2D eigenvalue weighted by atomic mass is 10.3. The fraction of sp³-hybridized carbons (Fsp3) is 0.667. The van der Waals surface area contributed by atoms with Gasteiger partial charge in [-0.05, 0) is 13.3 Å².